The number of nitrogens with one attached hydrogen (secondary N) is 1. The van der Waals surface area contributed by atoms with E-state index in [0.717, 1.165) is 17.6 Å². The van der Waals surface area contributed by atoms with Crippen molar-refractivity contribution < 1.29 is 12.8 Å². The number of anilines is 1. The summed E-state index contributed by atoms with van der Waals surface area (Å²) in [6.07, 6.45) is 1.12. The smallest absolute Gasteiger partial charge is 0.175 e. The predicted molar refractivity (Wildman–Crippen MR) is 83.0 cm³/mol. The van der Waals surface area contributed by atoms with Crippen LogP contribution >= 0.6 is 11.8 Å². The SMILES string of the molecule is CS(=O)(=O)c1ccc(F)c(NC2CSc3ccccc32)c1. The lowest BCUT2D eigenvalue weighted by molar-refractivity contribution is 0.600. The van der Waals surface area contributed by atoms with Crippen molar-refractivity contribution in [1.29, 1.82) is 0 Å². The number of thioether (sulfide) groups is 1. The summed E-state index contributed by atoms with van der Waals surface area (Å²) < 4.78 is 37.1. The molecule has 6 heteroatoms. The molecule has 0 saturated heterocycles. The fourth-order valence-electron chi connectivity index (χ4n) is 2.32. The Kier molecular flexibility index (Phi) is 3.67. The maximum absolute atomic E-state index is 13.9. The second-order valence-corrected chi connectivity index (χ2v) is 8.04. The summed E-state index contributed by atoms with van der Waals surface area (Å²) in [5.41, 5.74) is 1.34. The summed E-state index contributed by atoms with van der Waals surface area (Å²) in [6.45, 7) is 0. The standard InChI is InChI=1S/C15H14FNO2S2/c1-21(18,19)10-6-7-12(16)13(8-10)17-14-9-20-15-5-3-2-4-11(14)15/h2-8,14,17H,9H2,1H3. The Morgan fingerprint density at radius 1 is 1.24 bits per heavy atom. The van der Waals surface area contributed by atoms with Gasteiger partial charge in [0.15, 0.2) is 9.84 Å². The van der Waals surface area contributed by atoms with Crippen LogP contribution in [0.5, 0.6) is 0 Å². The van der Waals surface area contributed by atoms with Gasteiger partial charge in [-0.3, -0.25) is 0 Å². The molecule has 0 bridgehead atoms. The van der Waals surface area contributed by atoms with E-state index in [1.54, 1.807) is 11.8 Å². The molecule has 1 unspecified atom stereocenters. The van der Waals surface area contributed by atoms with Crippen LogP contribution in [0, 0.1) is 5.82 Å². The minimum absolute atomic E-state index is 0.0180. The van der Waals surface area contributed by atoms with E-state index in [9.17, 15) is 12.8 Å². The summed E-state index contributed by atoms with van der Waals surface area (Å²) in [7, 11) is -3.35. The summed E-state index contributed by atoms with van der Waals surface area (Å²) in [5.74, 6) is 0.346. The van der Waals surface area contributed by atoms with Crippen LogP contribution in [-0.4, -0.2) is 20.4 Å². The zero-order valence-electron chi connectivity index (χ0n) is 11.3. The molecule has 0 radical (unpaired) electrons. The van der Waals surface area contributed by atoms with Gasteiger partial charge in [-0.1, -0.05) is 18.2 Å². The van der Waals surface area contributed by atoms with E-state index in [2.05, 4.69) is 5.32 Å². The number of benzene rings is 2. The van der Waals surface area contributed by atoms with E-state index in [1.165, 1.54) is 23.1 Å². The first kappa shape index (κ1) is 14.4. The van der Waals surface area contributed by atoms with Crippen LogP contribution in [0.25, 0.3) is 0 Å². The summed E-state index contributed by atoms with van der Waals surface area (Å²) in [5, 5.41) is 3.12. The molecular weight excluding hydrogens is 309 g/mol. The minimum Gasteiger partial charge on any atom is -0.375 e. The zero-order valence-corrected chi connectivity index (χ0v) is 13.0. The highest BCUT2D eigenvalue weighted by molar-refractivity contribution is 7.99. The largest absolute Gasteiger partial charge is 0.375 e. The molecule has 1 aliphatic rings. The Labute approximate surface area is 127 Å². The lowest BCUT2D eigenvalue weighted by Crippen LogP contribution is -2.11. The Hall–Kier alpha value is -1.53. The average Bonchev–Trinajstić information content (AvgIpc) is 2.83. The van der Waals surface area contributed by atoms with Crippen molar-refractivity contribution >= 4 is 27.3 Å². The van der Waals surface area contributed by atoms with Gasteiger partial charge in [-0.15, -0.1) is 11.8 Å². The maximum Gasteiger partial charge on any atom is 0.175 e. The monoisotopic (exact) mass is 323 g/mol. The van der Waals surface area contributed by atoms with Gasteiger partial charge in [-0.25, -0.2) is 12.8 Å². The molecule has 2 aromatic carbocycles. The van der Waals surface area contributed by atoms with E-state index in [4.69, 9.17) is 0 Å². The molecule has 0 spiro atoms. The molecule has 2 aromatic rings. The molecule has 0 aromatic heterocycles. The molecule has 0 amide bonds. The molecule has 110 valence electrons. The van der Waals surface area contributed by atoms with Crippen molar-refractivity contribution in [2.24, 2.45) is 0 Å². The van der Waals surface area contributed by atoms with Crippen molar-refractivity contribution in [3.8, 4) is 0 Å². The van der Waals surface area contributed by atoms with E-state index in [1.807, 2.05) is 24.3 Å². The molecule has 3 nitrogen and oxygen atoms in total. The topological polar surface area (TPSA) is 46.2 Å². The molecule has 3 rings (SSSR count). The van der Waals surface area contributed by atoms with Crippen molar-refractivity contribution in [2.75, 3.05) is 17.3 Å². The van der Waals surface area contributed by atoms with Crippen molar-refractivity contribution in [3.63, 3.8) is 0 Å². The van der Waals surface area contributed by atoms with Gasteiger partial charge in [0.25, 0.3) is 0 Å². The minimum atomic E-state index is -3.35. The molecule has 1 atom stereocenters. The molecule has 0 saturated carbocycles. The maximum atomic E-state index is 13.9. The summed E-state index contributed by atoms with van der Waals surface area (Å²) in [6, 6.07) is 11.8. The van der Waals surface area contributed by atoms with Crippen LogP contribution < -0.4 is 5.32 Å². The average molecular weight is 323 g/mol. The highest BCUT2D eigenvalue weighted by Gasteiger charge is 2.23. The highest BCUT2D eigenvalue weighted by atomic mass is 32.2. The van der Waals surface area contributed by atoms with Gasteiger partial charge in [-0.2, -0.15) is 0 Å². The predicted octanol–water partition coefficient (Wildman–Crippen LogP) is 3.49. The second-order valence-electron chi connectivity index (χ2n) is 4.96. The molecule has 1 N–H and O–H groups in total. The van der Waals surface area contributed by atoms with Gasteiger partial charge < -0.3 is 5.32 Å². The molecule has 0 aliphatic carbocycles. The fourth-order valence-corrected chi connectivity index (χ4v) is 4.12. The van der Waals surface area contributed by atoms with Gasteiger partial charge in [0.1, 0.15) is 5.82 Å². The van der Waals surface area contributed by atoms with E-state index in [-0.39, 0.29) is 16.6 Å². The molecule has 0 fully saturated rings. The van der Waals surface area contributed by atoms with Crippen LogP contribution in [0.1, 0.15) is 11.6 Å². The van der Waals surface area contributed by atoms with Crippen LogP contribution in [0.15, 0.2) is 52.3 Å². The Balaban J connectivity index is 1.93. The third-order valence-corrected chi connectivity index (χ3v) is 5.69. The number of sulfone groups is 1. The first-order valence-corrected chi connectivity index (χ1v) is 9.31. The third-order valence-electron chi connectivity index (χ3n) is 3.40. The second kappa shape index (κ2) is 5.35. The third kappa shape index (κ3) is 2.91. The highest BCUT2D eigenvalue weighted by Crippen LogP contribution is 2.40. The zero-order chi connectivity index (χ0) is 15.0. The first-order valence-electron chi connectivity index (χ1n) is 6.43. The van der Waals surface area contributed by atoms with Gasteiger partial charge in [0.2, 0.25) is 0 Å². The van der Waals surface area contributed by atoms with Crippen LogP contribution in [0.4, 0.5) is 10.1 Å². The van der Waals surface area contributed by atoms with E-state index >= 15 is 0 Å². The Morgan fingerprint density at radius 3 is 2.76 bits per heavy atom. The van der Waals surface area contributed by atoms with Crippen LogP contribution in [0.3, 0.4) is 0 Å². The van der Waals surface area contributed by atoms with E-state index < -0.39 is 15.7 Å². The van der Waals surface area contributed by atoms with Crippen molar-refractivity contribution in [2.45, 2.75) is 15.8 Å². The number of fused-ring (bicyclic) bond motifs is 1. The van der Waals surface area contributed by atoms with E-state index in [0.29, 0.717) is 0 Å². The van der Waals surface area contributed by atoms with Gasteiger partial charge >= 0.3 is 0 Å². The molecule has 21 heavy (non-hydrogen) atoms. The van der Waals surface area contributed by atoms with Gasteiger partial charge in [0, 0.05) is 16.9 Å². The number of halogens is 1. The number of rotatable bonds is 3. The molecular formula is C15H14FNO2S2. The summed E-state index contributed by atoms with van der Waals surface area (Å²) in [4.78, 5) is 1.29. The van der Waals surface area contributed by atoms with Crippen LogP contribution in [-0.2, 0) is 9.84 Å². The lowest BCUT2D eigenvalue weighted by atomic mass is 10.1. The number of hydrogen-bond acceptors (Lipinski definition) is 4. The van der Waals surface area contributed by atoms with Crippen molar-refractivity contribution in [1.82, 2.24) is 0 Å². The molecule has 1 aliphatic heterocycles. The normalized spacial score (nSPS) is 17.5. The van der Waals surface area contributed by atoms with Gasteiger partial charge in [0.05, 0.1) is 16.6 Å². The Morgan fingerprint density at radius 2 is 2.00 bits per heavy atom. The van der Waals surface area contributed by atoms with Crippen molar-refractivity contribution in [3.05, 3.63) is 53.8 Å². The summed E-state index contributed by atoms with van der Waals surface area (Å²) >= 11 is 1.71. The first-order chi connectivity index (χ1) is 9.95. The Bertz CT molecular complexity index is 790. The van der Waals surface area contributed by atoms with Crippen LogP contribution in [0.2, 0.25) is 0 Å². The van der Waals surface area contributed by atoms with Gasteiger partial charge in [-0.05, 0) is 29.8 Å². The number of hydrogen-bond donors (Lipinski definition) is 1. The quantitative estimate of drug-likeness (QED) is 0.878. The molecule has 1 heterocycles. The lowest BCUT2D eigenvalue weighted by Gasteiger charge is -2.16. The fraction of sp³-hybridized carbons (Fsp3) is 0.200.